The first-order valence-electron chi connectivity index (χ1n) is 4.54. The van der Waals surface area contributed by atoms with Gasteiger partial charge in [0.2, 0.25) is 0 Å². The van der Waals surface area contributed by atoms with Gasteiger partial charge in [-0.15, -0.1) is 0 Å². The first-order chi connectivity index (χ1) is 5.62. The topological polar surface area (TPSA) is 57.5 Å². The van der Waals surface area contributed by atoms with Crippen LogP contribution in [0.25, 0.3) is 0 Å². The van der Waals surface area contributed by atoms with Gasteiger partial charge in [0, 0.05) is 6.92 Å². The van der Waals surface area contributed by atoms with Crippen LogP contribution in [0.2, 0.25) is 0 Å². The van der Waals surface area contributed by atoms with Crippen LogP contribution in [0, 0.1) is 11.8 Å². The summed E-state index contributed by atoms with van der Waals surface area (Å²) in [5.74, 6) is -0.144. The number of carboxylic acids is 1. The molecule has 0 aromatic heterocycles. The third kappa shape index (κ3) is 7.78. The van der Waals surface area contributed by atoms with Crippen molar-refractivity contribution in [2.75, 3.05) is 0 Å². The van der Waals surface area contributed by atoms with E-state index in [1.165, 1.54) is 0 Å². The van der Waals surface area contributed by atoms with E-state index in [-0.39, 0.29) is 0 Å². The summed E-state index contributed by atoms with van der Waals surface area (Å²) in [6, 6.07) is 0. The minimum absolute atomic E-state index is 0.345. The molecule has 0 amide bonds. The summed E-state index contributed by atoms with van der Waals surface area (Å²) < 4.78 is 0. The molecule has 2 N–H and O–H groups in total. The van der Waals surface area contributed by atoms with Crippen molar-refractivity contribution in [2.45, 2.75) is 47.1 Å². The van der Waals surface area contributed by atoms with Gasteiger partial charge in [-0.3, -0.25) is 4.79 Å². The monoisotopic (exact) mass is 190 g/mol. The van der Waals surface area contributed by atoms with E-state index in [0.717, 1.165) is 6.92 Å². The molecule has 3 heteroatoms. The maximum atomic E-state index is 9.67. The summed E-state index contributed by atoms with van der Waals surface area (Å²) in [6.07, 6.45) is 0. The maximum absolute atomic E-state index is 9.67. The van der Waals surface area contributed by atoms with Gasteiger partial charge < -0.3 is 10.2 Å². The molecule has 0 unspecified atom stereocenters. The van der Waals surface area contributed by atoms with Crippen LogP contribution in [0.5, 0.6) is 0 Å². The molecule has 0 aliphatic heterocycles. The molecular formula is C10H22O3. The van der Waals surface area contributed by atoms with Gasteiger partial charge in [0.15, 0.2) is 0 Å². The molecule has 0 aromatic rings. The van der Waals surface area contributed by atoms with Gasteiger partial charge in [0.1, 0.15) is 0 Å². The smallest absolute Gasteiger partial charge is 0.300 e. The highest BCUT2D eigenvalue weighted by molar-refractivity contribution is 5.62. The Labute approximate surface area is 80.8 Å². The van der Waals surface area contributed by atoms with Gasteiger partial charge in [-0.2, -0.15) is 0 Å². The second-order valence-electron chi connectivity index (χ2n) is 4.05. The van der Waals surface area contributed by atoms with E-state index in [2.05, 4.69) is 0 Å². The van der Waals surface area contributed by atoms with E-state index in [0.29, 0.717) is 11.8 Å². The minimum atomic E-state index is -0.833. The first kappa shape index (κ1) is 14.9. The SMILES string of the molecule is CC(=O)O.CC(C)C(C)(O)C(C)C. The molecule has 0 saturated carbocycles. The minimum Gasteiger partial charge on any atom is -0.481 e. The third-order valence-corrected chi connectivity index (χ3v) is 2.34. The Balaban J connectivity index is 0. The highest BCUT2D eigenvalue weighted by Gasteiger charge is 2.28. The molecule has 0 aliphatic carbocycles. The van der Waals surface area contributed by atoms with Crippen molar-refractivity contribution < 1.29 is 15.0 Å². The van der Waals surface area contributed by atoms with Gasteiger partial charge in [0.25, 0.3) is 5.97 Å². The molecule has 0 aromatic carbocycles. The molecule has 13 heavy (non-hydrogen) atoms. The van der Waals surface area contributed by atoms with Crippen LogP contribution in [0.15, 0.2) is 0 Å². The molecular weight excluding hydrogens is 168 g/mol. The number of aliphatic hydroxyl groups is 1. The van der Waals surface area contributed by atoms with E-state index in [1.807, 2.05) is 34.6 Å². The van der Waals surface area contributed by atoms with Crippen LogP contribution in [0.1, 0.15) is 41.5 Å². The molecule has 0 radical (unpaired) electrons. The van der Waals surface area contributed by atoms with Crippen LogP contribution in [-0.2, 0) is 4.79 Å². The number of hydrogen-bond donors (Lipinski definition) is 2. The Hall–Kier alpha value is -0.570. The molecule has 0 spiro atoms. The predicted octanol–water partition coefficient (Wildman–Crippen LogP) is 2.14. The van der Waals surface area contributed by atoms with Crippen molar-refractivity contribution in [3.8, 4) is 0 Å². The Kier molecular flexibility index (Phi) is 6.86. The van der Waals surface area contributed by atoms with E-state index in [9.17, 15) is 5.11 Å². The fourth-order valence-corrected chi connectivity index (χ4v) is 0.667. The molecule has 0 fully saturated rings. The molecule has 0 aliphatic rings. The van der Waals surface area contributed by atoms with Gasteiger partial charge in [-0.1, -0.05) is 27.7 Å². The molecule has 0 bridgehead atoms. The molecule has 0 saturated heterocycles. The van der Waals surface area contributed by atoms with Crippen molar-refractivity contribution in [2.24, 2.45) is 11.8 Å². The normalized spacial score (nSPS) is 11.2. The largest absolute Gasteiger partial charge is 0.481 e. The van der Waals surface area contributed by atoms with Gasteiger partial charge in [-0.05, 0) is 18.8 Å². The molecule has 0 heterocycles. The van der Waals surface area contributed by atoms with Crippen LogP contribution in [0.4, 0.5) is 0 Å². The predicted molar refractivity (Wildman–Crippen MR) is 53.6 cm³/mol. The van der Waals surface area contributed by atoms with Crippen molar-refractivity contribution >= 4 is 5.97 Å². The average Bonchev–Trinajstić information content (AvgIpc) is 1.85. The van der Waals surface area contributed by atoms with E-state index < -0.39 is 11.6 Å². The Morgan fingerprint density at radius 2 is 1.31 bits per heavy atom. The van der Waals surface area contributed by atoms with E-state index in [1.54, 1.807) is 0 Å². The molecule has 0 rings (SSSR count). The standard InChI is InChI=1S/C8H18O.C2H4O2/c1-6(2)8(5,9)7(3)4;1-2(3)4/h6-7,9H,1-5H3;1H3,(H,3,4). The number of carboxylic acid groups (broad SMARTS) is 1. The van der Waals surface area contributed by atoms with Crippen molar-refractivity contribution in [1.29, 1.82) is 0 Å². The molecule has 0 atom stereocenters. The summed E-state index contributed by atoms with van der Waals surface area (Å²) >= 11 is 0. The van der Waals surface area contributed by atoms with Crippen molar-refractivity contribution in [3.63, 3.8) is 0 Å². The van der Waals surface area contributed by atoms with Gasteiger partial charge in [0.05, 0.1) is 5.60 Å². The maximum Gasteiger partial charge on any atom is 0.300 e. The second-order valence-corrected chi connectivity index (χ2v) is 4.05. The fraction of sp³-hybridized carbons (Fsp3) is 0.900. The summed E-state index contributed by atoms with van der Waals surface area (Å²) in [6.45, 7) is 11.1. The lowest BCUT2D eigenvalue weighted by atomic mass is 9.82. The van der Waals surface area contributed by atoms with Crippen molar-refractivity contribution in [1.82, 2.24) is 0 Å². The molecule has 80 valence electrons. The van der Waals surface area contributed by atoms with Crippen LogP contribution in [0.3, 0.4) is 0 Å². The number of aliphatic carboxylic acids is 1. The van der Waals surface area contributed by atoms with Crippen LogP contribution >= 0.6 is 0 Å². The zero-order valence-electron chi connectivity index (χ0n) is 9.46. The zero-order chi connectivity index (χ0) is 11.2. The Morgan fingerprint density at radius 3 is 1.31 bits per heavy atom. The lowest BCUT2D eigenvalue weighted by molar-refractivity contribution is -0.134. The lowest BCUT2D eigenvalue weighted by Crippen LogP contribution is -2.36. The van der Waals surface area contributed by atoms with Crippen LogP contribution in [-0.4, -0.2) is 21.8 Å². The summed E-state index contributed by atoms with van der Waals surface area (Å²) in [5, 5.41) is 17.1. The third-order valence-electron chi connectivity index (χ3n) is 2.34. The fourth-order valence-electron chi connectivity index (χ4n) is 0.667. The number of hydrogen-bond acceptors (Lipinski definition) is 2. The van der Waals surface area contributed by atoms with Crippen LogP contribution < -0.4 is 0 Å². The molecule has 3 nitrogen and oxygen atoms in total. The van der Waals surface area contributed by atoms with E-state index >= 15 is 0 Å². The Morgan fingerprint density at radius 1 is 1.15 bits per heavy atom. The lowest BCUT2D eigenvalue weighted by Gasteiger charge is -2.31. The van der Waals surface area contributed by atoms with Gasteiger partial charge in [-0.25, -0.2) is 0 Å². The van der Waals surface area contributed by atoms with Crippen molar-refractivity contribution in [3.05, 3.63) is 0 Å². The average molecular weight is 190 g/mol. The van der Waals surface area contributed by atoms with Gasteiger partial charge >= 0.3 is 0 Å². The number of rotatable bonds is 2. The van der Waals surface area contributed by atoms with E-state index in [4.69, 9.17) is 9.90 Å². The highest BCUT2D eigenvalue weighted by atomic mass is 16.4. The Bertz CT molecular complexity index is 134. The quantitative estimate of drug-likeness (QED) is 0.701. The zero-order valence-corrected chi connectivity index (χ0v) is 9.46. The number of carbonyl (C=O) groups is 1. The second kappa shape index (κ2) is 5.97. The highest BCUT2D eigenvalue weighted by Crippen LogP contribution is 2.24. The summed E-state index contributed by atoms with van der Waals surface area (Å²) in [4.78, 5) is 9.00. The first-order valence-corrected chi connectivity index (χ1v) is 4.54. The summed E-state index contributed by atoms with van der Waals surface area (Å²) in [5.41, 5.74) is -0.500. The summed E-state index contributed by atoms with van der Waals surface area (Å²) in [7, 11) is 0.